The fraction of sp³-hybridized carbons (Fsp3) is 0.278. The summed E-state index contributed by atoms with van der Waals surface area (Å²) in [6, 6.07) is 14.4. The molecule has 6 nitrogen and oxygen atoms in total. The van der Waals surface area contributed by atoms with Crippen molar-refractivity contribution in [3.63, 3.8) is 0 Å². The molecule has 0 atom stereocenters. The van der Waals surface area contributed by atoms with E-state index in [1.54, 1.807) is 19.1 Å². The molecule has 0 bridgehead atoms. The largest absolute Gasteiger partial charge is 0.494 e. The van der Waals surface area contributed by atoms with E-state index >= 15 is 0 Å². The maximum Gasteiger partial charge on any atom is 0.251 e. The number of sulfonamides is 1. The van der Waals surface area contributed by atoms with Crippen LogP contribution >= 0.6 is 0 Å². The molecule has 1 amide bonds. The molecular weight excluding hydrogens is 340 g/mol. The molecule has 0 unspecified atom stereocenters. The van der Waals surface area contributed by atoms with Crippen molar-refractivity contribution in [3.05, 3.63) is 59.7 Å². The van der Waals surface area contributed by atoms with Crippen LogP contribution in [-0.4, -0.2) is 33.7 Å². The van der Waals surface area contributed by atoms with Crippen molar-refractivity contribution in [2.45, 2.75) is 13.3 Å². The fourth-order valence-electron chi connectivity index (χ4n) is 2.16. The van der Waals surface area contributed by atoms with Gasteiger partial charge >= 0.3 is 0 Å². The van der Waals surface area contributed by atoms with Gasteiger partial charge in [0.15, 0.2) is 0 Å². The summed E-state index contributed by atoms with van der Waals surface area (Å²) in [5, 5.41) is 2.80. The van der Waals surface area contributed by atoms with Gasteiger partial charge in [-0.05, 0) is 43.2 Å². The number of rotatable bonds is 8. The van der Waals surface area contributed by atoms with E-state index in [9.17, 15) is 13.2 Å². The molecule has 2 aromatic rings. The van der Waals surface area contributed by atoms with Crippen molar-refractivity contribution in [2.75, 3.05) is 24.1 Å². The summed E-state index contributed by atoms with van der Waals surface area (Å²) in [5.74, 6) is 0.542. The Kier molecular flexibility index (Phi) is 6.41. The van der Waals surface area contributed by atoms with Gasteiger partial charge in [-0.25, -0.2) is 8.42 Å². The fourth-order valence-corrected chi connectivity index (χ4v) is 2.78. The first kappa shape index (κ1) is 18.8. The van der Waals surface area contributed by atoms with Crippen LogP contribution in [0.1, 0.15) is 22.3 Å². The van der Waals surface area contributed by atoms with E-state index < -0.39 is 10.0 Å². The van der Waals surface area contributed by atoms with E-state index in [1.165, 1.54) is 6.07 Å². The lowest BCUT2D eigenvalue weighted by Gasteiger charge is -2.11. The number of benzene rings is 2. The van der Waals surface area contributed by atoms with Crippen molar-refractivity contribution >= 4 is 21.6 Å². The lowest BCUT2D eigenvalue weighted by atomic mass is 10.1. The molecule has 0 heterocycles. The zero-order valence-corrected chi connectivity index (χ0v) is 15.1. The van der Waals surface area contributed by atoms with Crippen LogP contribution in [0.25, 0.3) is 0 Å². The predicted molar refractivity (Wildman–Crippen MR) is 98.5 cm³/mol. The maximum atomic E-state index is 12.2. The first-order valence-corrected chi connectivity index (χ1v) is 9.79. The van der Waals surface area contributed by atoms with Crippen molar-refractivity contribution in [1.82, 2.24) is 5.32 Å². The van der Waals surface area contributed by atoms with Gasteiger partial charge in [0.1, 0.15) is 5.75 Å². The Morgan fingerprint density at radius 3 is 2.52 bits per heavy atom. The molecule has 0 fully saturated rings. The quantitative estimate of drug-likeness (QED) is 0.707. The summed E-state index contributed by atoms with van der Waals surface area (Å²) in [7, 11) is -3.39. The van der Waals surface area contributed by atoms with E-state index in [0.717, 1.165) is 17.6 Å². The highest BCUT2D eigenvalue weighted by atomic mass is 32.2. The highest BCUT2D eigenvalue weighted by Gasteiger charge is 2.10. The Bertz CT molecular complexity index is 820. The van der Waals surface area contributed by atoms with E-state index in [-0.39, 0.29) is 5.91 Å². The summed E-state index contributed by atoms with van der Waals surface area (Å²) >= 11 is 0. The Hall–Kier alpha value is -2.54. The molecule has 0 spiro atoms. The van der Waals surface area contributed by atoms with Gasteiger partial charge in [-0.15, -0.1) is 0 Å². The molecular formula is C18H22N2O4S. The minimum atomic E-state index is -3.39. The SMILES string of the molecule is Cc1ccc(C(=O)NCCCOc2ccccc2)cc1NS(C)(=O)=O. The number of hydrogen-bond acceptors (Lipinski definition) is 4. The zero-order valence-electron chi connectivity index (χ0n) is 14.3. The molecule has 7 heteroatoms. The van der Waals surface area contributed by atoms with Crippen LogP contribution in [0.3, 0.4) is 0 Å². The van der Waals surface area contributed by atoms with Gasteiger partial charge in [-0.2, -0.15) is 0 Å². The van der Waals surface area contributed by atoms with Gasteiger partial charge in [0.25, 0.3) is 5.91 Å². The smallest absolute Gasteiger partial charge is 0.251 e. The number of anilines is 1. The molecule has 0 aliphatic carbocycles. The zero-order chi connectivity index (χ0) is 18.3. The van der Waals surface area contributed by atoms with E-state index in [4.69, 9.17) is 4.74 Å². The molecule has 0 aliphatic rings. The van der Waals surface area contributed by atoms with Crippen LogP contribution in [-0.2, 0) is 10.0 Å². The summed E-state index contributed by atoms with van der Waals surface area (Å²) in [6.45, 7) is 2.74. The average Bonchev–Trinajstić information content (AvgIpc) is 2.56. The molecule has 0 saturated heterocycles. The minimum absolute atomic E-state index is 0.253. The third-order valence-electron chi connectivity index (χ3n) is 3.41. The van der Waals surface area contributed by atoms with Gasteiger partial charge in [-0.1, -0.05) is 24.3 Å². The standard InChI is InChI=1S/C18H22N2O4S/c1-14-9-10-15(13-17(14)20-25(2,22)23)18(21)19-11-6-12-24-16-7-4-3-5-8-16/h3-5,7-10,13,20H,6,11-12H2,1-2H3,(H,19,21). The lowest BCUT2D eigenvalue weighted by molar-refractivity contribution is 0.0951. The van der Waals surface area contributed by atoms with Crippen LogP contribution in [0.4, 0.5) is 5.69 Å². The monoisotopic (exact) mass is 362 g/mol. The molecule has 0 radical (unpaired) electrons. The Balaban J connectivity index is 1.83. The second-order valence-corrected chi connectivity index (χ2v) is 7.42. The van der Waals surface area contributed by atoms with Gasteiger partial charge in [0.2, 0.25) is 10.0 Å². The predicted octanol–water partition coefficient (Wildman–Crippen LogP) is 2.57. The molecule has 0 aliphatic heterocycles. The van der Waals surface area contributed by atoms with Crippen LogP contribution in [0.5, 0.6) is 5.75 Å². The molecule has 0 saturated carbocycles. The topological polar surface area (TPSA) is 84.5 Å². The summed E-state index contributed by atoms with van der Waals surface area (Å²) in [4.78, 5) is 12.2. The number of nitrogens with one attached hydrogen (secondary N) is 2. The highest BCUT2D eigenvalue weighted by molar-refractivity contribution is 7.92. The number of hydrogen-bond donors (Lipinski definition) is 2. The number of aryl methyl sites for hydroxylation is 1. The number of ether oxygens (including phenoxy) is 1. The van der Waals surface area contributed by atoms with Crippen molar-refractivity contribution in [1.29, 1.82) is 0 Å². The minimum Gasteiger partial charge on any atom is -0.494 e. The van der Waals surface area contributed by atoms with Crippen LogP contribution < -0.4 is 14.8 Å². The lowest BCUT2D eigenvalue weighted by Crippen LogP contribution is -2.25. The molecule has 2 aromatic carbocycles. The highest BCUT2D eigenvalue weighted by Crippen LogP contribution is 2.18. The number of carbonyl (C=O) groups excluding carboxylic acids is 1. The van der Waals surface area contributed by atoms with Gasteiger partial charge in [0, 0.05) is 12.1 Å². The van der Waals surface area contributed by atoms with Crippen LogP contribution in [0, 0.1) is 6.92 Å². The Labute approximate surface area is 148 Å². The summed E-state index contributed by atoms with van der Waals surface area (Å²) in [6.07, 6.45) is 1.74. The number of carbonyl (C=O) groups is 1. The number of para-hydroxylation sites is 1. The van der Waals surface area contributed by atoms with Crippen LogP contribution in [0.15, 0.2) is 48.5 Å². The third kappa shape index (κ3) is 6.46. The van der Waals surface area contributed by atoms with E-state index in [1.807, 2.05) is 30.3 Å². The van der Waals surface area contributed by atoms with Gasteiger partial charge < -0.3 is 10.1 Å². The van der Waals surface area contributed by atoms with Gasteiger partial charge in [-0.3, -0.25) is 9.52 Å². The van der Waals surface area contributed by atoms with E-state index in [2.05, 4.69) is 10.0 Å². The number of amides is 1. The van der Waals surface area contributed by atoms with E-state index in [0.29, 0.717) is 30.8 Å². The molecule has 2 rings (SSSR count). The first-order chi connectivity index (χ1) is 11.8. The van der Waals surface area contributed by atoms with Crippen LogP contribution in [0.2, 0.25) is 0 Å². The molecule has 0 aromatic heterocycles. The average molecular weight is 362 g/mol. The second kappa shape index (κ2) is 8.53. The second-order valence-electron chi connectivity index (χ2n) is 5.67. The third-order valence-corrected chi connectivity index (χ3v) is 4.00. The van der Waals surface area contributed by atoms with Gasteiger partial charge in [0.05, 0.1) is 18.6 Å². The van der Waals surface area contributed by atoms with Crippen molar-refractivity contribution in [3.8, 4) is 5.75 Å². The molecule has 134 valence electrons. The summed E-state index contributed by atoms with van der Waals surface area (Å²) in [5.41, 5.74) is 1.56. The Morgan fingerprint density at radius 2 is 1.84 bits per heavy atom. The van der Waals surface area contributed by atoms with Crippen molar-refractivity contribution < 1.29 is 17.9 Å². The maximum absolute atomic E-state index is 12.2. The first-order valence-electron chi connectivity index (χ1n) is 7.89. The Morgan fingerprint density at radius 1 is 1.12 bits per heavy atom. The summed E-state index contributed by atoms with van der Waals surface area (Å²) < 4.78 is 30.7. The van der Waals surface area contributed by atoms with Crippen molar-refractivity contribution in [2.24, 2.45) is 0 Å². The molecule has 25 heavy (non-hydrogen) atoms. The normalized spacial score (nSPS) is 11.0. The molecule has 2 N–H and O–H groups in total.